The fourth-order valence-corrected chi connectivity index (χ4v) is 4.38. The second-order valence-electron chi connectivity index (χ2n) is 8.03. The van der Waals surface area contributed by atoms with Crippen LogP contribution in [0.5, 0.6) is 11.5 Å². The van der Waals surface area contributed by atoms with Gasteiger partial charge in [-0.1, -0.05) is 19.1 Å². The zero-order valence-corrected chi connectivity index (χ0v) is 18.8. The maximum absolute atomic E-state index is 13.4. The molecule has 2 amide bonds. The van der Waals surface area contributed by atoms with Gasteiger partial charge in [0, 0.05) is 24.1 Å². The van der Waals surface area contributed by atoms with Crippen molar-refractivity contribution in [1.29, 1.82) is 0 Å². The van der Waals surface area contributed by atoms with Crippen molar-refractivity contribution in [3.05, 3.63) is 58.9 Å². The minimum absolute atomic E-state index is 0.0148. The molecule has 7 heteroatoms. The highest BCUT2D eigenvalue weighted by molar-refractivity contribution is 5.74. The monoisotopic (exact) mass is 430 g/mol. The molecule has 0 saturated carbocycles. The highest BCUT2D eigenvalue weighted by Gasteiger charge is 2.37. The molecule has 0 radical (unpaired) electrons. The average Bonchev–Trinajstić information content (AvgIpc) is 2.77. The number of fused-ring (bicyclic) bond motifs is 1. The van der Waals surface area contributed by atoms with Crippen LogP contribution in [0.15, 0.2) is 36.4 Å². The van der Waals surface area contributed by atoms with Gasteiger partial charge >= 0.3 is 6.03 Å². The minimum atomic E-state index is -0.237. The van der Waals surface area contributed by atoms with Gasteiger partial charge in [0.15, 0.2) is 11.5 Å². The van der Waals surface area contributed by atoms with Gasteiger partial charge in [-0.05, 0) is 43.2 Å². The Kier molecular flexibility index (Phi) is 7.74. The van der Waals surface area contributed by atoms with E-state index in [9.17, 15) is 9.18 Å². The Balaban J connectivity index is 1.93. The van der Waals surface area contributed by atoms with E-state index in [0.29, 0.717) is 18.0 Å². The molecule has 1 unspecified atom stereocenters. The zero-order chi connectivity index (χ0) is 22.4. The van der Waals surface area contributed by atoms with Gasteiger partial charge in [0.05, 0.1) is 26.8 Å². The molecule has 0 saturated heterocycles. The molecule has 2 aromatic carbocycles. The van der Waals surface area contributed by atoms with Crippen molar-refractivity contribution in [1.82, 2.24) is 10.6 Å². The molecular formula is C24H33FN3O3+. The van der Waals surface area contributed by atoms with Gasteiger partial charge in [0.1, 0.15) is 18.4 Å². The van der Waals surface area contributed by atoms with E-state index < -0.39 is 0 Å². The highest BCUT2D eigenvalue weighted by atomic mass is 19.1. The number of hydrogen-bond donors (Lipinski definition) is 3. The van der Waals surface area contributed by atoms with Crippen LogP contribution in [0.25, 0.3) is 0 Å². The predicted molar refractivity (Wildman–Crippen MR) is 118 cm³/mol. The Morgan fingerprint density at radius 3 is 2.52 bits per heavy atom. The lowest BCUT2D eigenvalue weighted by molar-refractivity contribution is -0.948. The van der Waals surface area contributed by atoms with Crippen LogP contribution in [0.2, 0.25) is 0 Å². The second-order valence-corrected chi connectivity index (χ2v) is 8.03. The van der Waals surface area contributed by atoms with E-state index >= 15 is 0 Å². The third-order valence-corrected chi connectivity index (χ3v) is 5.87. The molecule has 6 nitrogen and oxygen atoms in total. The number of benzene rings is 2. The molecule has 3 N–H and O–H groups in total. The molecule has 31 heavy (non-hydrogen) atoms. The van der Waals surface area contributed by atoms with Gasteiger partial charge in [-0.3, -0.25) is 0 Å². The van der Waals surface area contributed by atoms with E-state index in [1.807, 2.05) is 38.1 Å². The maximum Gasteiger partial charge on any atom is 0.315 e. The van der Waals surface area contributed by atoms with Crippen molar-refractivity contribution in [2.45, 2.75) is 45.3 Å². The molecule has 3 atom stereocenters. The summed E-state index contributed by atoms with van der Waals surface area (Å²) in [6.07, 6.45) is 1.77. The number of rotatable bonds is 8. The summed E-state index contributed by atoms with van der Waals surface area (Å²) >= 11 is 0. The van der Waals surface area contributed by atoms with E-state index in [0.717, 1.165) is 37.1 Å². The summed E-state index contributed by atoms with van der Waals surface area (Å²) in [4.78, 5) is 13.7. The molecule has 0 bridgehead atoms. The number of carbonyl (C=O) groups is 1. The number of carbonyl (C=O) groups excluding carboxylic acids is 1. The third kappa shape index (κ3) is 5.47. The summed E-state index contributed by atoms with van der Waals surface area (Å²) < 4.78 is 24.4. The van der Waals surface area contributed by atoms with Gasteiger partial charge in [-0.25, -0.2) is 9.18 Å². The van der Waals surface area contributed by atoms with Crippen LogP contribution < -0.4 is 25.0 Å². The van der Waals surface area contributed by atoms with Gasteiger partial charge in [0.25, 0.3) is 0 Å². The number of nitrogens with one attached hydrogen (secondary N) is 3. The van der Waals surface area contributed by atoms with E-state index in [1.54, 1.807) is 14.2 Å². The Labute approximate surface area is 183 Å². The molecule has 0 aromatic heterocycles. The molecule has 0 fully saturated rings. The van der Waals surface area contributed by atoms with Crippen LogP contribution in [-0.4, -0.2) is 39.4 Å². The molecule has 168 valence electrons. The predicted octanol–water partition coefficient (Wildman–Crippen LogP) is 2.62. The smallest absolute Gasteiger partial charge is 0.315 e. The summed E-state index contributed by atoms with van der Waals surface area (Å²) in [7, 11) is 3.27. The topological polar surface area (TPSA) is 64.0 Å². The zero-order valence-electron chi connectivity index (χ0n) is 18.8. The number of methoxy groups -OCH3 is 2. The quantitative estimate of drug-likeness (QED) is 0.603. The van der Waals surface area contributed by atoms with Crippen LogP contribution in [0, 0.1) is 5.82 Å². The lowest BCUT2D eigenvalue weighted by atomic mass is 9.87. The lowest BCUT2D eigenvalue weighted by Crippen LogP contribution is -3.13. The summed E-state index contributed by atoms with van der Waals surface area (Å²) in [5.74, 6) is 1.15. The normalized spacial score (nSPS) is 18.6. The summed E-state index contributed by atoms with van der Waals surface area (Å²) in [6.45, 7) is 6.33. The molecule has 2 aromatic rings. The molecule has 0 aliphatic carbocycles. The summed E-state index contributed by atoms with van der Waals surface area (Å²) in [6, 6.07) is 10.5. The van der Waals surface area contributed by atoms with Gasteiger partial charge < -0.3 is 25.0 Å². The third-order valence-electron chi connectivity index (χ3n) is 5.87. The average molecular weight is 431 g/mol. The Bertz CT molecular complexity index is 888. The van der Waals surface area contributed by atoms with Crippen molar-refractivity contribution in [3.63, 3.8) is 0 Å². The minimum Gasteiger partial charge on any atom is -0.493 e. The standard InChI is InChI=1S/C24H32FN3O3/c1-5-11-26-24(29)27-16(2)23-20-14-22(31-4)21(30-3)13-18(20)10-12-28(23)15-17-6-8-19(25)9-7-17/h6-9,13-14,16,23H,5,10-12,15H2,1-4H3,(H2,26,27,29)/p+1/t16-,23+/m1/s1. The molecule has 1 aliphatic rings. The van der Waals surface area contributed by atoms with Crippen LogP contribution in [0.1, 0.15) is 43.0 Å². The lowest BCUT2D eigenvalue weighted by Gasteiger charge is -2.38. The number of halogens is 1. The van der Waals surface area contributed by atoms with Gasteiger partial charge in [-0.2, -0.15) is 0 Å². The van der Waals surface area contributed by atoms with E-state index in [-0.39, 0.29) is 23.9 Å². The number of urea groups is 1. The van der Waals surface area contributed by atoms with Gasteiger partial charge in [0.2, 0.25) is 0 Å². The first kappa shape index (κ1) is 22.9. The first-order valence-corrected chi connectivity index (χ1v) is 10.8. The molecule has 1 aliphatic heterocycles. The maximum atomic E-state index is 13.4. The van der Waals surface area contributed by atoms with Crippen molar-refractivity contribution in [3.8, 4) is 11.5 Å². The first-order chi connectivity index (χ1) is 15.0. The number of amides is 2. The van der Waals surface area contributed by atoms with Gasteiger partial charge in [-0.15, -0.1) is 0 Å². The highest BCUT2D eigenvalue weighted by Crippen LogP contribution is 2.35. The largest absolute Gasteiger partial charge is 0.493 e. The summed E-state index contributed by atoms with van der Waals surface area (Å²) in [5.41, 5.74) is 3.41. The number of quaternary nitrogens is 1. The Morgan fingerprint density at radius 2 is 1.87 bits per heavy atom. The molecule has 1 heterocycles. The first-order valence-electron chi connectivity index (χ1n) is 10.8. The Hall–Kier alpha value is -2.80. The van der Waals surface area contributed by atoms with Crippen LogP contribution >= 0.6 is 0 Å². The fourth-order valence-electron chi connectivity index (χ4n) is 4.38. The number of hydrogen-bond acceptors (Lipinski definition) is 3. The van der Waals surface area contributed by atoms with E-state index in [1.165, 1.54) is 22.6 Å². The fraction of sp³-hybridized carbons (Fsp3) is 0.458. The second kappa shape index (κ2) is 10.5. The number of ether oxygens (including phenoxy) is 2. The Morgan fingerprint density at radius 1 is 1.19 bits per heavy atom. The van der Waals surface area contributed by atoms with Crippen LogP contribution in [0.4, 0.5) is 9.18 Å². The van der Waals surface area contributed by atoms with Crippen molar-refractivity contribution in [2.24, 2.45) is 0 Å². The van der Waals surface area contributed by atoms with E-state index in [4.69, 9.17) is 9.47 Å². The molecule has 0 spiro atoms. The van der Waals surface area contributed by atoms with Crippen LogP contribution in [-0.2, 0) is 13.0 Å². The van der Waals surface area contributed by atoms with Crippen LogP contribution in [0.3, 0.4) is 0 Å². The molecular weight excluding hydrogens is 397 g/mol. The van der Waals surface area contributed by atoms with Crippen molar-refractivity contribution in [2.75, 3.05) is 27.3 Å². The molecule has 3 rings (SSSR count). The van der Waals surface area contributed by atoms with E-state index in [2.05, 4.69) is 10.6 Å². The van der Waals surface area contributed by atoms with Crippen molar-refractivity contribution < 1.29 is 23.6 Å². The summed E-state index contributed by atoms with van der Waals surface area (Å²) in [5, 5.41) is 6.01. The SMILES string of the molecule is CCCNC(=O)N[C@H](C)[C@H]1c2cc(OC)c(OC)cc2CC[NH+]1Cc1ccc(F)cc1. The van der Waals surface area contributed by atoms with Crippen molar-refractivity contribution >= 4 is 6.03 Å².